The van der Waals surface area contributed by atoms with Gasteiger partial charge in [0.25, 0.3) is 0 Å². The normalized spacial score (nSPS) is 5.54. The smallest absolute Gasteiger partial charge is 0.356 e. The Kier molecular flexibility index (Phi) is 28.8. The molecular weight excluding hydrogens is 287 g/mol. The maximum Gasteiger partial charge on any atom is 2.00 e. The van der Waals surface area contributed by atoms with Gasteiger partial charge in [-0.3, -0.25) is 0 Å². The molecule has 0 unspecified atom stereocenters. The van der Waals surface area contributed by atoms with Crippen molar-refractivity contribution < 1.29 is 34.7 Å². The quantitative estimate of drug-likeness (QED) is 0.313. The summed E-state index contributed by atoms with van der Waals surface area (Å²) in [6.07, 6.45) is 0. The van der Waals surface area contributed by atoms with Gasteiger partial charge in [-0.15, -0.1) is 0 Å². The van der Waals surface area contributed by atoms with Crippen molar-refractivity contribution >= 4 is 0 Å². The Labute approximate surface area is 81.5 Å². The summed E-state index contributed by atoms with van der Waals surface area (Å²) in [5, 5.41) is 44.2. The second-order valence-corrected chi connectivity index (χ2v) is 0.671. The van der Waals surface area contributed by atoms with Crippen LogP contribution in [0.3, 0.4) is 0 Å². The summed E-state index contributed by atoms with van der Waals surface area (Å²) in [7, 11) is 0. The van der Waals surface area contributed by atoms with Crippen molar-refractivity contribution in [3.8, 4) is 0 Å². The van der Waals surface area contributed by atoms with Crippen molar-refractivity contribution in [3.63, 3.8) is 0 Å². The van der Waals surface area contributed by atoms with Crippen molar-refractivity contribution in [2.75, 3.05) is 0 Å². The van der Waals surface area contributed by atoms with Crippen LogP contribution in [0.5, 0.6) is 0 Å². The second kappa shape index (κ2) is 16.7. The van der Waals surface area contributed by atoms with Crippen LogP contribution in [0.25, 0.3) is 0 Å². The molecule has 78 valence electrons. The van der Waals surface area contributed by atoms with Crippen LogP contribution in [0, 0.1) is 46.0 Å². The third-order valence-corrected chi connectivity index (χ3v) is 0. The predicted octanol–water partition coefficient (Wildman–Crippen LogP) is -0.720. The summed E-state index contributed by atoms with van der Waals surface area (Å²) in [5.74, 6) is 0. The Balaban J connectivity index is -0.0000000450. The summed E-state index contributed by atoms with van der Waals surface area (Å²) in [6, 6.07) is 0. The first-order valence-corrected chi connectivity index (χ1v) is 1.64. The van der Waals surface area contributed by atoms with Gasteiger partial charge in [0, 0.05) is 0 Å². The van der Waals surface area contributed by atoms with Gasteiger partial charge < -0.3 is 46.0 Å². The first kappa shape index (κ1) is 22.5. The van der Waals surface area contributed by atoms with Crippen LogP contribution in [-0.2, 0) is 19.5 Å². The maximum absolute atomic E-state index is 8.25. The summed E-state index contributed by atoms with van der Waals surface area (Å²) in [6.45, 7) is 0. The summed E-state index contributed by atoms with van der Waals surface area (Å²) >= 11 is 0. The van der Waals surface area contributed by atoms with Gasteiger partial charge in [-0.05, 0) is 0 Å². The molecule has 0 heterocycles. The predicted molar refractivity (Wildman–Crippen MR) is 31.1 cm³/mol. The van der Waals surface area contributed by atoms with E-state index in [0.717, 1.165) is 0 Å². The van der Waals surface area contributed by atoms with Crippen LogP contribution >= 0.6 is 0 Å². The third-order valence-electron chi connectivity index (χ3n) is 0. The van der Waals surface area contributed by atoms with E-state index >= 15 is 0 Å². The minimum Gasteiger partial charge on any atom is -0.356 e. The molecule has 0 atom stereocenters. The van der Waals surface area contributed by atoms with Crippen molar-refractivity contribution in [1.82, 2.24) is 0 Å². The first-order valence-electron chi connectivity index (χ1n) is 1.64. The molecule has 0 aromatic heterocycles. The van der Waals surface area contributed by atoms with Crippen molar-refractivity contribution in [2.45, 2.75) is 0 Å². The Morgan fingerprint density at radius 3 is 0.538 bits per heavy atom. The van der Waals surface area contributed by atoms with Gasteiger partial charge in [0.2, 0.25) is 0 Å². The van der Waals surface area contributed by atoms with E-state index in [1.54, 1.807) is 0 Å². The van der Waals surface area contributed by atoms with Gasteiger partial charge >= 0.3 is 19.5 Å². The van der Waals surface area contributed by atoms with Gasteiger partial charge in [-0.25, -0.2) is 0 Å². The molecule has 0 amide bonds. The van der Waals surface area contributed by atoms with E-state index < -0.39 is 15.3 Å². The van der Waals surface area contributed by atoms with Crippen LogP contribution in [0.4, 0.5) is 0 Å². The molecule has 0 rings (SSSR count). The van der Waals surface area contributed by atoms with Gasteiger partial charge in [-0.2, -0.15) is 0 Å². The molecule has 0 saturated carbocycles. The first-order chi connectivity index (χ1) is 5.20. The minimum atomic E-state index is -1.75. The Hall–Kier alpha value is -1.78. The topological polar surface area (TPSA) is 199 Å². The molecule has 0 aliphatic rings. The number of rotatable bonds is 0. The zero-order chi connectivity index (χ0) is 10.7. The van der Waals surface area contributed by atoms with Gasteiger partial charge in [0.05, 0.1) is 15.3 Å². The van der Waals surface area contributed by atoms with Gasteiger partial charge in [0.1, 0.15) is 0 Å². The molecule has 0 aromatic carbocycles. The molecular formula is N3O9Ru-. The largest absolute Gasteiger partial charge is 2.00 e. The molecule has 0 aliphatic heterocycles. The molecule has 0 N–H and O–H groups in total. The monoisotopic (exact) mass is 288 g/mol. The Bertz CT molecular complexity index is 112. The van der Waals surface area contributed by atoms with E-state index in [1.807, 2.05) is 0 Å². The fraction of sp³-hybridized carbons (Fsp3) is 0. The van der Waals surface area contributed by atoms with Gasteiger partial charge in [0.15, 0.2) is 0 Å². The molecule has 13 heteroatoms. The summed E-state index contributed by atoms with van der Waals surface area (Å²) in [5.41, 5.74) is 0. The molecule has 0 aliphatic carbocycles. The average Bonchev–Trinajstić information content (AvgIpc) is 1.54. The van der Waals surface area contributed by atoms with Crippen LogP contribution in [0.15, 0.2) is 0 Å². The standard InChI is InChI=1S/3NO3.Ru/c3*2-1(3)4;/q3*-1;+2. The van der Waals surface area contributed by atoms with Gasteiger partial charge in [-0.1, -0.05) is 0 Å². The van der Waals surface area contributed by atoms with Crippen molar-refractivity contribution in [3.05, 3.63) is 46.0 Å². The van der Waals surface area contributed by atoms with E-state index in [0.29, 0.717) is 0 Å². The molecule has 0 fully saturated rings. The van der Waals surface area contributed by atoms with Crippen LogP contribution in [-0.4, -0.2) is 15.3 Å². The van der Waals surface area contributed by atoms with Crippen LogP contribution < -0.4 is 0 Å². The van der Waals surface area contributed by atoms with Crippen LogP contribution in [0.2, 0.25) is 0 Å². The molecule has 0 bridgehead atoms. The molecule has 13 heavy (non-hydrogen) atoms. The second-order valence-electron chi connectivity index (χ2n) is 0.671. The van der Waals surface area contributed by atoms with E-state index in [1.165, 1.54) is 0 Å². The zero-order valence-corrected chi connectivity index (χ0v) is 7.11. The Morgan fingerprint density at radius 2 is 0.538 bits per heavy atom. The zero-order valence-electron chi connectivity index (χ0n) is 5.37. The maximum atomic E-state index is 8.25. The van der Waals surface area contributed by atoms with E-state index in [9.17, 15) is 0 Å². The van der Waals surface area contributed by atoms with E-state index in [4.69, 9.17) is 46.0 Å². The number of hydrogen-bond donors (Lipinski definition) is 0. The molecule has 12 nitrogen and oxygen atoms in total. The molecule has 0 spiro atoms. The third kappa shape index (κ3) is 219. The summed E-state index contributed by atoms with van der Waals surface area (Å²) in [4.78, 5) is 24.8. The minimum absolute atomic E-state index is 0. The van der Waals surface area contributed by atoms with E-state index in [-0.39, 0.29) is 19.5 Å². The van der Waals surface area contributed by atoms with Crippen molar-refractivity contribution in [1.29, 1.82) is 0 Å². The number of nitrogens with zero attached hydrogens (tertiary/aromatic N) is 3. The summed E-state index contributed by atoms with van der Waals surface area (Å²) < 4.78 is 0. The fourth-order valence-electron chi connectivity index (χ4n) is 0. The SMILES string of the molecule is O=[N+]([O-])[O-].O=[N+]([O-])[O-].O=[N+]([O-])[O-].[Ru+2]. The molecule has 0 aromatic rings. The van der Waals surface area contributed by atoms with Crippen molar-refractivity contribution in [2.24, 2.45) is 0 Å². The van der Waals surface area contributed by atoms with E-state index in [2.05, 4.69) is 0 Å². The number of hydrogen-bond acceptors (Lipinski definition) is 9. The Morgan fingerprint density at radius 1 is 0.538 bits per heavy atom. The molecule has 0 saturated heterocycles. The fourth-order valence-corrected chi connectivity index (χ4v) is 0. The average molecular weight is 287 g/mol. The van der Waals surface area contributed by atoms with Crippen LogP contribution in [0.1, 0.15) is 0 Å². The molecule has 0 radical (unpaired) electrons.